The third-order valence-corrected chi connectivity index (χ3v) is 7.97. The summed E-state index contributed by atoms with van der Waals surface area (Å²) in [5.41, 5.74) is 6.16. The number of sulfonamides is 1. The predicted octanol–water partition coefficient (Wildman–Crippen LogP) is 2.53. The third kappa shape index (κ3) is 6.06. The number of aliphatic carboxylic acids is 1. The maximum absolute atomic E-state index is 16.4. The summed E-state index contributed by atoms with van der Waals surface area (Å²) in [5, 5.41) is 9.29. The van der Waals surface area contributed by atoms with Crippen molar-refractivity contribution in [3.05, 3.63) is 95.6 Å². The number of hydrogen-bond acceptors (Lipinski definition) is 7. The van der Waals surface area contributed by atoms with Crippen LogP contribution in [0.5, 0.6) is 0 Å². The number of carboxylic acid groups (broad SMARTS) is 1. The molecule has 0 aliphatic heterocycles. The van der Waals surface area contributed by atoms with Gasteiger partial charge in [0.1, 0.15) is 18.6 Å². The molecule has 0 saturated heterocycles. The number of carbonyl (C=O) groups is 3. The Labute approximate surface area is 224 Å². The molecule has 0 fully saturated rings. The van der Waals surface area contributed by atoms with Crippen LogP contribution in [0.25, 0.3) is 11.1 Å². The molecule has 9 nitrogen and oxygen atoms in total. The quantitative estimate of drug-likeness (QED) is 0.228. The molecule has 0 spiro atoms. The molecule has 0 aromatic heterocycles. The van der Waals surface area contributed by atoms with E-state index in [1.54, 1.807) is 78.9 Å². The lowest BCUT2D eigenvalue weighted by Gasteiger charge is -2.23. The number of ether oxygens (including phenoxy) is 1. The number of benzene rings is 3. The van der Waals surface area contributed by atoms with E-state index in [2.05, 4.69) is 4.72 Å². The standard InChI is InChI=1S/C28H27FN2O7S/c29-28(21-12-6-4-10-19(21)20-11-5-7-13-22(20)28)14-15-39(36,37)31-16-23(32)24(25(30)26(33)34)27(35)38-17-18-8-2-1-3-9-18/h1-13,24-25,31H,14-17,30H2,(H,33,34). The molecule has 11 heteroatoms. The molecule has 0 heterocycles. The minimum absolute atomic E-state index is 0.233. The van der Waals surface area contributed by atoms with Crippen molar-refractivity contribution in [1.82, 2.24) is 4.72 Å². The van der Waals surface area contributed by atoms with Gasteiger partial charge in [-0.05, 0) is 16.7 Å². The van der Waals surface area contributed by atoms with Gasteiger partial charge in [-0.1, -0.05) is 78.9 Å². The largest absolute Gasteiger partial charge is 0.480 e. The molecule has 0 saturated carbocycles. The Hall–Kier alpha value is -3.93. The summed E-state index contributed by atoms with van der Waals surface area (Å²) in [6.45, 7) is -1.15. The highest BCUT2D eigenvalue weighted by molar-refractivity contribution is 7.89. The van der Waals surface area contributed by atoms with Gasteiger partial charge in [0.05, 0.1) is 12.3 Å². The van der Waals surface area contributed by atoms with E-state index < -0.39 is 64.1 Å². The van der Waals surface area contributed by atoms with Crippen molar-refractivity contribution < 1.29 is 37.0 Å². The van der Waals surface area contributed by atoms with Crippen molar-refractivity contribution in [2.24, 2.45) is 11.7 Å². The van der Waals surface area contributed by atoms with Gasteiger partial charge in [-0.15, -0.1) is 0 Å². The Morgan fingerprint density at radius 1 is 0.923 bits per heavy atom. The van der Waals surface area contributed by atoms with E-state index in [1.807, 2.05) is 0 Å². The fraction of sp³-hybridized carbons (Fsp3) is 0.250. The molecule has 3 aromatic rings. The maximum Gasteiger partial charge on any atom is 0.321 e. The van der Waals surface area contributed by atoms with Crippen molar-refractivity contribution in [3.63, 3.8) is 0 Å². The van der Waals surface area contributed by atoms with Gasteiger partial charge >= 0.3 is 11.9 Å². The highest BCUT2D eigenvalue weighted by Gasteiger charge is 2.44. The molecule has 2 unspecified atom stereocenters. The Morgan fingerprint density at radius 3 is 2.03 bits per heavy atom. The number of nitrogens with one attached hydrogen (secondary N) is 1. The fourth-order valence-electron chi connectivity index (χ4n) is 4.62. The first kappa shape index (κ1) is 28.1. The number of rotatable bonds is 12. The summed E-state index contributed by atoms with van der Waals surface area (Å²) in [4.78, 5) is 36.8. The van der Waals surface area contributed by atoms with E-state index in [0.29, 0.717) is 27.8 Å². The Bertz CT molecular complexity index is 1450. The first-order valence-electron chi connectivity index (χ1n) is 12.1. The number of nitrogens with two attached hydrogens (primary N) is 1. The van der Waals surface area contributed by atoms with Crippen LogP contribution in [-0.4, -0.2) is 49.6 Å². The summed E-state index contributed by atoms with van der Waals surface area (Å²) in [6.07, 6.45) is -0.429. The van der Waals surface area contributed by atoms with Gasteiger partial charge < -0.3 is 15.6 Å². The van der Waals surface area contributed by atoms with Gasteiger partial charge in [-0.2, -0.15) is 0 Å². The number of fused-ring (bicyclic) bond motifs is 3. The molecule has 1 aliphatic rings. The number of hydrogen-bond donors (Lipinski definition) is 3. The van der Waals surface area contributed by atoms with Crippen molar-refractivity contribution in [2.75, 3.05) is 12.3 Å². The van der Waals surface area contributed by atoms with Crippen LogP contribution in [-0.2, 0) is 41.4 Å². The number of carboxylic acids is 1. The van der Waals surface area contributed by atoms with Gasteiger partial charge in [-0.3, -0.25) is 14.4 Å². The summed E-state index contributed by atoms with van der Waals surface area (Å²) in [6, 6.07) is 20.2. The average Bonchev–Trinajstić information content (AvgIpc) is 3.19. The molecule has 0 radical (unpaired) electrons. The lowest BCUT2D eigenvalue weighted by molar-refractivity contribution is -0.158. The summed E-state index contributed by atoms with van der Waals surface area (Å²) in [5.74, 6) is -6.54. The number of ketones is 1. The zero-order valence-electron chi connectivity index (χ0n) is 20.7. The molecule has 204 valence electrons. The van der Waals surface area contributed by atoms with E-state index in [4.69, 9.17) is 10.5 Å². The molecular weight excluding hydrogens is 527 g/mol. The monoisotopic (exact) mass is 554 g/mol. The molecule has 2 atom stereocenters. The maximum atomic E-state index is 16.4. The second kappa shape index (κ2) is 11.4. The lowest BCUT2D eigenvalue weighted by atomic mass is 9.91. The summed E-state index contributed by atoms with van der Waals surface area (Å²) < 4.78 is 49.1. The molecule has 0 amide bonds. The van der Waals surface area contributed by atoms with E-state index in [-0.39, 0.29) is 6.61 Å². The highest BCUT2D eigenvalue weighted by Crippen LogP contribution is 2.51. The number of halogens is 1. The second-order valence-electron chi connectivity index (χ2n) is 9.18. The zero-order valence-corrected chi connectivity index (χ0v) is 21.6. The second-order valence-corrected chi connectivity index (χ2v) is 11.1. The summed E-state index contributed by atoms with van der Waals surface area (Å²) >= 11 is 0. The predicted molar refractivity (Wildman–Crippen MR) is 141 cm³/mol. The van der Waals surface area contributed by atoms with Crippen molar-refractivity contribution in [3.8, 4) is 11.1 Å². The van der Waals surface area contributed by atoms with Crippen LogP contribution in [0, 0.1) is 5.92 Å². The number of alkyl halides is 1. The first-order valence-corrected chi connectivity index (χ1v) is 13.8. The van der Waals surface area contributed by atoms with Crippen molar-refractivity contribution >= 4 is 27.7 Å². The van der Waals surface area contributed by atoms with Gasteiger partial charge in [0.15, 0.2) is 11.5 Å². The zero-order chi connectivity index (χ0) is 28.2. The third-order valence-electron chi connectivity index (χ3n) is 6.65. The van der Waals surface area contributed by atoms with E-state index >= 15 is 4.39 Å². The topological polar surface area (TPSA) is 153 Å². The Balaban J connectivity index is 1.43. The Kier molecular flexibility index (Phi) is 8.24. The van der Waals surface area contributed by atoms with Crippen molar-refractivity contribution in [2.45, 2.75) is 24.7 Å². The SMILES string of the molecule is NC(C(=O)O)C(C(=O)CNS(=O)(=O)CCC1(F)c2ccccc2-c2ccccc21)C(=O)OCc1ccccc1. The van der Waals surface area contributed by atoms with Crippen LogP contribution >= 0.6 is 0 Å². The van der Waals surface area contributed by atoms with Gasteiger partial charge in [-0.25, -0.2) is 17.5 Å². The minimum Gasteiger partial charge on any atom is -0.480 e. The molecule has 4 N–H and O–H groups in total. The fourth-order valence-corrected chi connectivity index (χ4v) is 5.68. The van der Waals surface area contributed by atoms with Gasteiger partial charge in [0.25, 0.3) is 0 Å². The smallest absolute Gasteiger partial charge is 0.321 e. The minimum atomic E-state index is -4.22. The molecule has 1 aliphatic carbocycles. The normalized spacial score (nSPS) is 15.0. The van der Waals surface area contributed by atoms with Crippen LogP contribution < -0.4 is 10.5 Å². The molecular formula is C28H27FN2O7S. The van der Waals surface area contributed by atoms with Crippen LogP contribution in [0.2, 0.25) is 0 Å². The average molecular weight is 555 g/mol. The van der Waals surface area contributed by atoms with E-state index in [1.165, 1.54) is 0 Å². The molecule has 4 rings (SSSR count). The number of Topliss-reactive ketones (excluding diaryl/α,β-unsaturated/α-hetero) is 1. The first-order chi connectivity index (χ1) is 18.5. The van der Waals surface area contributed by atoms with E-state index in [0.717, 1.165) is 0 Å². The van der Waals surface area contributed by atoms with E-state index in [9.17, 15) is 27.9 Å². The Morgan fingerprint density at radius 2 is 1.46 bits per heavy atom. The number of esters is 1. The van der Waals surface area contributed by atoms with Crippen LogP contribution in [0.15, 0.2) is 78.9 Å². The highest BCUT2D eigenvalue weighted by atomic mass is 32.2. The van der Waals surface area contributed by atoms with Gasteiger partial charge in [0.2, 0.25) is 10.0 Å². The van der Waals surface area contributed by atoms with Crippen molar-refractivity contribution in [1.29, 1.82) is 0 Å². The summed E-state index contributed by atoms with van der Waals surface area (Å²) in [7, 11) is -4.22. The van der Waals surface area contributed by atoms with Crippen LogP contribution in [0.3, 0.4) is 0 Å². The lowest BCUT2D eigenvalue weighted by Crippen LogP contribution is -2.49. The molecule has 0 bridgehead atoms. The van der Waals surface area contributed by atoms with Gasteiger partial charge in [0, 0.05) is 17.5 Å². The number of carbonyl (C=O) groups excluding carboxylic acids is 2. The van der Waals surface area contributed by atoms with Crippen LogP contribution in [0.1, 0.15) is 23.1 Å². The molecule has 3 aromatic carbocycles. The molecule has 39 heavy (non-hydrogen) atoms. The van der Waals surface area contributed by atoms with Crippen LogP contribution in [0.4, 0.5) is 4.39 Å².